The molecule has 0 bridgehead atoms. The number of sulfonamides is 1. The average molecular weight is 825 g/mol. The predicted octanol–water partition coefficient (Wildman–Crippen LogP) is 5.27. The molecule has 5 atom stereocenters. The predicted molar refractivity (Wildman–Crippen MR) is 200 cm³/mol. The van der Waals surface area contributed by atoms with Gasteiger partial charge in [0.25, 0.3) is 15.9 Å². The van der Waals surface area contributed by atoms with Gasteiger partial charge in [0.2, 0.25) is 11.8 Å². The number of amides is 5. The molecule has 0 spiro atoms. The van der Waals surface area contributed by atoms with E-state index in [-0.39, 0.29) is 40.9 Å². The van der Waals surface area contributed by atoms with Crippen molar-refractivity contribution in [2.75, 3.05) is 6.54 Å². The van der Waals surface area contributed by atoms with E-state index in [4.69, 9.17) is 32.7 Å². The van der Waals surface area contributed by atoms with Crippen LogP contribution in [0.5, 0.6) is 0 Å². The Morgan fingerprint density at radius 1 is 1.04 bits per heavy atom. The van der Waals surface area contributed by atoms with Crippen LogP contribution in [-0.4, -0.2) is 84.0 Å². The number of hydrogen-bond acceptors (Lipinski definition) is 10. The Labute approximate surface area is 327 Å². The van der Waals surface area contributed by atoms with E-state index in [1.807, 2.05) is 12.1 Å². The van der Waals surface area contributed by atoms with Gasteiger partial charge >= 0.3 is 12.2 Å². The van der Waals surface area contributed by atoms with Crippen LogP contribution >= 0.6 is 34.5 Å². The first-order valence-electron chi connectivity index (χ1n) is 17.8. The minimum absolute atomic E-state index is 0.112. The van der Waals surface area contributed by atoms with Gasteiger partial charge in [-0.25, -0.2) is 22.7 Å². The minimum Gasteiger partial charge on any atom is -0.444 e. The van der Waals surface area contributed by atoms with Crippen molar-refractivity contribution in [2.45, 2.75) is 112 Å². The topological polar surface area (TPSA) is 181 Å². The fraction of sp³-hybridized carbons (Fsp3) is 0.528. The van der Waals surface area contributed by atoms with Gasteiger partial charge < -0.3 is 25.0 Å². The quantitative estimate of drug-likeness (QED) is 0.339. The van der Waals surface area contributed by atoms with Crippen LogP contribution in [-0.2, 0) is 47.0 Å². The molecule has 1 saturated heterocycles. The molecule has 292 valence electrons. The summed E-state index contributed by atoms with van der Waals surface area (Å²) in [6.45, 7) is 5.48. The third-order valence-corrected chi connectivity index (χ3v) is 13.1. The molecule has 0 radical (unpaired) electrons. The maximum atomic E-state index is 14.4. The largest absolute Gasteiger partial charge is 0.444 e. The second-order valence-corrected chi connectivity index (χ2v) is 19.1. The monoisotopic (exact) mass is 823 g/mol. The average Bonchev–Trinajstić information content (AvgIpc) is 3.44. The number of carbonyl (C=O) groups excluding carboxylic acids is 5. The lowest BCUT2D eigenvalue weighted by atomic mass is 10.0. The summed E-state index contributed by atoms with van der Waals surface area (Å²) in [6.07, 6.45) is 4.25. The van der Waals surface area contributed by atoms with E-state index in [1.165, 1.54) is 21.9 Å². The summed E-state index contributed by atoms with van der Waals surface area (Å²) in [5.41, 5.74) is -0.678. The smallest absolute Gasteiger partial charge is 0.410 e. The molecule has 6 rings (SSSR count). The number of rotatable bonds is 5. The number of carbonyl (C=O) groups is 5. The molecule has 1 aromatic heterocycles. The maximum absolute atomic E-state index is 14.4. The van der Waals surface area contributed by atoms with Crippen LogP contribution in [0.3, 0.4) is 0 Å². The van der Waals surface area contributed by atoms with Crippen molar-refractivity contribution in [2.24, 2.45) is 5.92 Å². The highest BCUT2D eigenvalue weighted by molar-refractivity contribution is 7.92. The Morgan fingerprint density at radius 3 is 2.52 bits per heavy atom. The van der Waals surface area contributed by atoms with Crippen molar-refractivity contribution in [3.05, 3.63) is 63.0 Å². The summed E-state index contributed by atoms with van der Waals surface area (Å²) in [7, 11) is -4.32. The standard InChI is InChI=1S/C36H43Cl2N5O9S2/c1-35(2,3)52-33(47)39-26-10-8-6-4-5-7-9-23-17-36(23,32(46)41-54(49,50)29-14-13-28(38)53-29)40-30(44)27-16-25(20-43(27)31(26)45)51-34(48)42-18-21-11-12-24(37)15-22(21)19-42/h7,9,11-15,23,25-27H,4-6,8,10,16-20H2,1-3H3,(H,39,47)(H,40,44)(H,41,46)/b9-7+/t23-,25-,26+,27+,36-/m1/s1. The Hall–Kier alpha value is -3.86. The van der Waals surface area contributed by atoms with E-state index in [1.54, 1.807) is 39.0 Å². The van der Waals surface area contributed by atoms with Crippen LogP contribution in [0, 0.1) is 5.92 Å². The number of alkyl carbamates (subject to hydrolysis) is 1. The number of ether oxygens (including phenoxy) is 2. The minimum atomic E-state index is -4.32. The first-order chi connectivity index (χ1) is 25.4. The molecule has 3 aliphatic heterocycles. The first-order valence-corrected chi connectivity index (χ1v) is 20.8. The zero-order chi connectivity index (χ0) is 39.0. The highest BCUT2D eigenvalue weighted by Gasteiger charge is 2.62. The molecule has 1 aromatic carbocycles. The van der Waals surface area contributed by atoms with Crippen LogP contribution in [0.1, 0.15) is 76.8 Å². The van der Waals surface area contributed by atoms with Crippen molar-refractivity contribution in [3.63, 3.8) is 0 Å². The summed E-state index contributed by atoms with van der Waals surface area (Å²) in [5, 5.41) is 6.00. The molecular formula is C36H43Cl2N5O9S2. The lowest BCUT2D eigenvalue weighted by Gasteiger charge is -2.30. The normalized spacial score (nSPS) is 26.6. The fourth-order valence-corrected chi connectivity index (χ4v) is 9.75. The number of hydrogen-bond donors (Lipinski definition) is 3. The Kier molecular flexibility index (Phi) is 11.6. The van der Waals surface area contributed by atoms with Gasteiger partial charge in [-0.1, -0.05) is 54.3 Å². The number of thiophene rings is 1. The van der Waals surface area contributed by atoms with Crippen LogP contribution in [0.15, 0.2) is 46.7 Å². The third kappa shape index (κ3) is 9.15. The number of fused-ring (bicyclic) bond motifs is 3. The van der Waals surface area contributed by atoms with Gasteiger partial charge in [-0.2, -0.15) is 0 Å². The molecule has 4 heterocycles. The molecule has 2 fully saturated rings. The fourth-order valence-electron chi connectivity index (χ4n) is 7.03. The molecule has 4 aliphatic rings. The number of nitrogens with zero attached hydrogens (tertiary/aromatic N) is 2. The summed E-state index contributed by atoms with van der Waals surface area (Å²) in [5.74, 6) is -2.78. The maximum Gasteiger partial charge on any atom is 0.410 e. The molecule has 18 heteroatoms. The van der Waals surface area contributed by atoms with Crippen molar-refractivity contribution in [3.8, 4) is 0 Å². The zero-order valence-corrected chi connectivity index (χ0v) is 33.2. The van der Waals surface area contributed by atoms with Crippen molar-refractivity contribution in [1.82, 2.24) is 25.2 Å². The summed E-state index contributed by atoms with van der Waals surface area (Å²) in [6, 6.07) is 5.73. The molecule has 0 unspecified atom stereocenters. The second-order valence-electron chi connectivity index (χ2n) is 15.0. The van der Waals surface area contributed by atoms with Gasteiger partial charge in [0.05, 0.1) is 10.9 Å². The van der Waals surface area contributed by atoms with Gasteiger partial charge in [0, 0.05) is 30.5 Å². The number of halogens is 2. The van der Waals surface area contributed by atoms with Gasteiger partial charge in [0.15, 0.2) is 0 Å². The van der Waals surface area contributed by atoms with Crippen LogP contribution in [0.25, 0.3) is 0 Å². The molecule has 3 N–H and O–H groups in total. The van der Waals surface area contributed by atoms with Crippen molar-refractivity contribution in [1.29, 1.82) is 0 Å². The van der Waals surface area contributed by atoms with E-state index in [0.717, 1.165) is 28.9 Å². The molecule has 2 aromatic rings. The lowest BCUT2D eigenvalue weighted by Crippen LogP contribution is -2.58. The van der Waals surface area contributed by atoms with Crippen LogP contribution < -0.4 is 15.4 Å². The van der Waals surface area contributed by atoms with Crippen LogP contribution in [0.2, 0.25) is 9.36 Å². The van der Waals surface area contributed by atoms with E-state index < -0.39 is 75.2 Å². The zero-order valence-electron chi connectivity index (χ0n) is 30.1. The summed E-state index contributed by atoms with van der Waals surface area (Å²) in [4.78, 5) is 71.6. The summed E-state index contributed by atoms with van der Waals surface area (Å²) >= 11 is 12.9. The Balaban J connectivity index is 1.26. The number of nitrogens with one attached hydrogen (secondary N) is 3. The molecule has 54 heavy (non-hydrogen) atoms. The van der Waals surface area contributed by atoms with E-state index in [2.05, 4.69) is 15.4 Å². The van der Waals surface area contributed by atoms with Gasteiger partial charge in [-0.05, 0) is 81.8 Å². The molecular weight excluding hydrogens is 781 g/mol. The highest BCUT2D eigenvalue weighted by atomic mass is 35.5. The molecule has 14 nitrogen and oxygen atoms in total. The van der Waals surface area contributed by atoms with E-state index in [0.29, 0.717) is 30.8 Å². The van der Waals surface area contributed by atoms with E-state index in [9.17, 15) is 32.4 Å². The van der Waals surface area contributed by atoms with E-state index >= 15 is 0 Å². The second kappa shape index (κ2) is 15.7. The van der Waals surface area contributed by atoms with Gasteiger partial charge in [0.1, 0.15) is 33.5 Å². The molecule has 5 amide bonds. The Morgan fingerprint density at radius 2 is 1.80 bits per heavy atom. The SMILES string of the molecule is CC(C)(C)OC(=O)N[C@H]1CCCCC/C=C/[C@@H]2C[C@@]2(C(=O)NS(=O)(=O)c2ccc(Cl)s2)NC(=O)[C@@H]2C[C@@H](OC(=O)N3Cc4ccc(Cl)cc4C3)CN2C1=O. The number of benzene rings is 1. The lowest BCUT2D eigenvalue weighted by molar-refractivity contribution is -0.141. The van der Waals surface area contributed by atoms with Gasteiger partial charge in [-0.15, -0.1) is 11.3 Å². The summed E-state index contributed by atoms with van der Waals surface area (Å²) < 4.78 is 39.8. The molecule has 1 aliphatic carbocycles. The first kappa shape index (κ1) is 39.8. The number of allylic oxidation sites excluding steroid dienone is 1. The highest BCUT2D eigenvalue weighted by Crippen LogP contribution is 2.46. The van der Waals surface area contributed by atoms with Gasteiger partial charge in [-0.3, -0.25) is 19.3 Å². The molecule has 1 saturated carbocycles. The van der Waals surface area contributed by atoms with Crippen LogP contribution in [0.4, 0.5) is 9.59 Å². The third-order valence-electron chi connectivity index (χ3n) is 9.79. The Bertz CT molecular complexity index is 1970. The van der Waals surface area contributed by atoms with Crippen molar-refractivity contribution >= 4 is 74.5 Å². The van der Waals surface area contributed by atoms with Crippen molar-refractivity contribution < 1.29 is 41.9 Å².